The van der Waals surface area contributed by atoms with Crippen LogP contribution in [0.5, 0.6) is 0 Å². The lowest BCUT2D eigenvalue weighted by atomic mass is 10.1. The third kappa shape index (κ3) is 19.1. The minimum atomic E-state index is 0. The average Bonchev–Trinajstić information content (AvgIpc) is 2.34. The van der Waals surface area contributed by atoms with Gasteiger partial charge in [-0.1, -0.05) is 56.9 Å². The fourth-order valence-electron chi connectivity index (χ4n) is 1.72. The van der Waals surface area contributed by atoms with Crippen LogP contribution in [0.4, 0.5) is 0 Å². The highest BCUT2D eigenvalue weighted by atomic mass is 35.5. The smallest absolute Gasteiger partial charge is 0.219 e. The monoisotopic (exact) mass is 414 g/mol. The third-order valence-corrected chi connectivity index (χ3v) is 2.50. The molecule has 2 aromatic heterocycles. The summed E-state index contributed by atoms with van der Waals surface area (Å²) in [7, 11) is 0. The highest BCUT2D eigenvalue weighted by molar-refractivity contribution is 6.28. The summed E-state index contributed by atoms with van der Waals surface area (Å²) < 4.78 is 0. The maximum Gasteiger partial charge on any atom is 0.225 e. The lowest BCUT2D eigenvalue weighted by Crippen LogP contribution is -2.05. The van der Waals surface area contributed by atoms with Gasteiger partial charge in [-0.15, -0.1) is 0 Å². The van der Waals surface area contributed by atoms with Crippen molar-refractivity contribution in [3.05, 3.63) is 34.4 Å². The van der Waals surface area contributed by atoms with E-state index in [1.54, 1.807) is 13.8 Å². The normalized spacial score (nSPS) is 9.00. The summed E-state index contributed by atoms with van der Waals surface area (Å²) >= 11 is 5.49. The van der Waals surface area contributed by atoms with Crippen LogP contribution in [0, 0.1) is 39.5 Å². The Morgan fingerprint density at radius 1 is 0.607 bits per heavy atom. The van der Waals surface area contributed by atoms with Crippen molar-refractivity contribution in [3.8, 4) is 0 Å². The van der Waals surface area contributed by atoms with Crippen LogP contribution in [-0.4, -0.2) is 29.9 Å². The predicted octanol–water partition coefficient (Wildman–Crippen LogP) is 6.40. The first-order chi connectivity index (χ1) is 11.5. The van der Waals surface area contributed by atoms with Crippen LogP contribution in [0.1, 0.15) is 86.0 Å². The van der Waals surface area contributed by atoms with Crippen LogP contribution in [0.3, 0.4) is 0 Å². The Balaban J connectivity index is -0.000000162. The van der Waals surface area contributed by atoms with Crippen molar-refractivity contribution in [1.29, 1.82) is 0 Å². The van der Waals surface area contributed by atoms with E-state index in [0.717, 1.165) is 29.8 Å². The Hall–Kier alpha value is -1.69. The number of nitrogens with zero attached hydrogens (tertiary/aromatic N) is 6. The maximum absolute atomic E-state index is 5.49. The molecule has 0 N–H and O–H groups in total. The van der Waals surface area contributed by atoms with Gasteiger partial charge in [0.15, 0.2) is 0 Å². The Morgan fingerprint density at radius 2 is 0.893 bits per heavy atom. The van der Waals surface area contributed by atoms with E-state index in [1.165, 1.54) is 0 Å². The first kappa shape index (κ1) is 33.9. The van der Waals surface area contributed by atoms with Crippen molar-refractivity contribution >= 4 is 11.6 Å². The molecule has 2 rings (SSSR count). The minimum Gasteiger partial charge on any atom is -0.219 e. The molecule has 0 aliphatic heterocycles. The van der Waals surface area contributed by atoms with Crippen molar-refractivity contribution in [2.45, 2.75) is 91.0 Å². The zero-order valence-electron chi connectivity index (χ0n) is 16.9. The number of hydrogen-bond acceptors (Lipinski definition) is 6. The van der Waals surface area contributed by atoms with Gasteiger partial charge in [0.25, 0.3) is 0 Å². The second-order valence-electron chi connectivity index (χ2n) is 6.87. The summed E-state index contributed by atoms with van der Waals surface area (Å²) in [5.41, 5.74) is 0. The van der Waals surface area contributed by atoms with E-state index in [9.17, 15) is 0 Å². The Bertz CT molecular complexity index is 571. The molecule has 0 saturated carbocycles. The molecule has 0 radical (unpaired) electrons. The van der Waals surface area contributed by atoms with E-state index < -0.39 is 0 Å². The number of halogens is 1. The molecule has 0 aliphatic rings. The maximum atomic E-state index is 5.49. The van der Waals surface area contributed by atoms with Gasteiger partial charge >= 0.3 is 0 Å². The molecule has 0 unspecified atom stereocenters. The van der Waals surface area contributed by atoms with Crippen LogP contribution < -0.4 is 0 Å². The van der Waals surface area contributed by atoms with Crippen LogP contribution in [0.15, 0.2) is 0 Å². The molecule has 0 amide bonds. The number of aryl methyl sites for hydroxylation is 4. The summed E-state index contributed by atoms with van der Waals surface area (Å²) in [4.78, 5) is 24.1. The van der Waals surface area contributed by atoms with Gasteiger partial charge in [0, 0.05) is 6.42 Å². The molecule has 28 heavy (non-hydrogen) atoms. The van der Waals surface area contributed by atoms with Crippen molar-refractivity contribution in [2.75, 3.05) is 0 Å². The standard InChI is InChI=1S/C9H15N3.C5H6ClN3.C4H10.3CH4/c1-6(2)5-9-11-7(3)10-8(4)12-9;1-3-7-4(2)9-5(6)8-3;1-4(2)3;;;/h6H,5H2,1-4H3;1-2H3;4H,1-3H3;3*1H4. The molecule has 0 saturated heterocycles. The second kappa shape index (κ2) is 17.4. The molecule has 0 fully saturated rings. The number of aromatic nitrogens is 6. The Labute approximate surface area is 179 Å². The zero-order chi connectivity index (χ0) is 19.6. The second-order valence-corrected chi connectivity index (χ2v) is 7.21. The van der Waals surface area contributed by atoms with E-state index in [4.69, 9.17) is 11.6 Å². The van der Waals surface area contributed by atoms with E-state index in [-0.39, 0.29) is 27.6 Å². The molecular formula is C21H43ClN6. The molecule has 7 heteroatoms. The van der Waals surface area contributed by atoms with Crippen LogP contribution >= 0.6 is 11.6 Å². The van der Waals surface area contributed by atoms with Gasteiger partial charge < -0.3 is 0 Å². The van der Waals surface area contributed by atoms with Crippen LogP contribution in [0.2, 0.25) is 5.28 Å². The summed E-state index contributed by atoms with van der Waals surface area (Å²) in [5, 5.41) is 0.264. The molecule has 164 valence electrons. The molecule has 0 spiro atoms. The summed E-state index contributed by atoms with van der Waals surface area (Å²) in [5.74, 6) is 5.30. The van der Waals surface area contributed by atoms with Gasteiger partial charge in [-0.25, -0.2) is 29.9 Å². The summed E-state index contributed by atoms with van der Waals surface area (Å²) in [6, 6.07) is 0. The van der Waals surface area contributed by atoms with Gasteiger partial charge in [-0.05, 0) is 51.1 Å². The average molecular weight is 415 g/mol. The van der Waals surface area contributed by atoms with Gasteiger partial charge in [-0.2, -0.15) is 0 Å². The predicted molar refractivity (Wildman–Crippen MR) is 123 cm³/mol. The minimum absolute atomic E-state index is 0. The lowest BCUT2D eigenvalue weighted by molar-refractivity contribution is 0.611. The molecule has 0 bridgehead atoms. The van der Waals surface area contributed by atoms with Gasteiger partial charge in [-0.3, -0.25) is 0 Å². The third-order valence-electron chi connectivity index (χ3n) is 2.33. The first-order valence-corrected chi connectivity index (χ1v) is 8.90. The lowest BCUT2D eigenvalue weighted by Gasteiger charge is -2.04. The number of rotatable bonds is 2. The molecular weight excluding hydrogens is 372 g/mol. The Morgan fingerprint density at radius 3 is 1.14 bits per heavy atom. The van der Waals surface area contributed by atoms with Gasteiger partial charge in [0.1, 0.15) is 29.1 Å². The van der Waals surface area contributed by atoms with Crippen LogP contribution in [-0.2, 0) is 6.42 Å². The fourth-order valence-corrected chi connectivity index (χ4v) is 1.96. The zero-order valence-corrected chi connectivity index (χ0v) is 17.7. The van der Waals surface area contributed by atoms with E-state index in [1.807, 2.05) is 13.8 Å². The summed E-state index contributed by atoms with van der Waals surface area (Å²) in [6.45, 7) is 18.2. The van der Waals surface area contributed by atoms with E-state index >= 15 is 0 Å². The highest BCUT2D eigenvalue weighted by Gasteiger charge is 2.02. The van der Waals surface area contributed by atoms with Crippen molar-refractivity contribution in [2.24, 2.45) is 11.8 Å². The SMILES string of the molecule is C.C.C.CC(C)C.Cc1nc(C)nc(CC(C)C)n1.Cc1nc(C)nc(Cl)n1. The fraction of sp³-hybridized carbons (Fsp3) is 0.714. The first-order valence-electron chi connectivity index (χ1n) is 8.52. The molecule has 0 aromatic carbocycles. The quantitative estimate of drug-likeness (QED) is 0.565. The van der Waals surface area contributed by atoms with E-state index in [2.05, 4.69) is 64.5 Å². The molecule has 2 aromatic rings. The molecule has 2 heterocycles. The topological polar surface area (TPSA) is 77.3 Å². The van der Waals surface area contributed by atoms with Gasteiger partial charge in [0.2, 0.25) is 5.28 Å². The van der Waals surface area contributed by atoms with Crippen molar-refractivity contribution in [3.63, 3.8) is 0 Å². The van der Waals surface area contributed by atoms with Crippen molar-refractivity contribution in [1.82, 2.24) is 29.9 Å². The number of hydrogen-bond donors (Lipinski definition) is 0. The molecule has 0 aliphatic carbocycles. The molecule has 0 atom stereocenters. The Kier molecular flexibility index (Phi) is 21.1. The van der Waals surface area contributed by atoms with Gasteiger partial charge in [0.05, 0.1) is 0 Å². The highest BCUT2D eigenvalue weighted by Crippen LogP contribution is 2.02. The van der Waals surface area contributed by atoms with Crippen LogP contribution in [0.25, 0.3) is 0 Å². The van der Waals surface area contributed by atoms with Crippen molar-refractivity contribution < 1.29 is 0 Å². The largest absolute Gasteiger partial charge is 0.225 e. The molecule has 6 nitrogen and oxygen atoms in total. The van der Waals surface area contributed by atoms with E-state index in [0.29, 0.717) is 17.6 Å². The summed E-state index contributed by atoms with van der Waals surface area (Å²) in [6.07, 6.45) is 0.935.